The zero-order valence-corrected chi connectivity index (χ0v) is 8.07. The molecule has 3 heteroatoms. The molecule has 0 atom stereocenters. The summed E-state index contributed by atoms with van der Waals surface area (Å²) >= 11 is 0. The Hall–Kier alpha value is -1.35. The van der Waals surface area contributed by atoms with Gasteiger partial charge in [0.15, 0.2) is 0 Å². The van der Waals surface area contributed by atoms with Crippen LogP contribution >= 0.6 is 0 Å². The van der Waals surface area contributed by atoms with Crippen molar-refractivity contribution in [2.45, 2.75) is 19.3 Å². The molecule has 14 heavy (non-hydrogen) atoms. The number of carbonyl (C=O) groups is 1. The number of nitrogens with two attached hydrogens (primary N) is 1. The summed E-state index contributed by atoms with van der Waals surface area (Å²) < 4.78 is 0. The van der Waals surface area contributed by atoms with Crippen LogP contribution in [0.5, 0.6) is 0 Å². The molecular formula is C11H15NO2. The van der Waals surface area contributed by atoms with Crippen LogP contribution in [0, 0.1) is 0 Å². The fraction of sp³-hybridized carbons (Fsp3) is 0.364. The maximum Gasteiger partial charge on any atom is 0.137 e. The van der Waals surface area contributed by atoms with Crippen LogP contribution < -0.4 is 5.73 Å². The molecule has 0 radical (unpaired) electrons. The fourth-order valence-electron chi connectivity index (χ4n) is 1.27. The van der Waals surface area contributed by atoms with Crippen LogP contribution in [0.1, 0.15) is 18.4 Å². The van der Waals surface area contributed by atoms with Crippen molar-refractivity contribution in [3.8, 4) is 0 Å². The SMILES string of the molecule is Nc1ccccc1CC(=O)CCCO. The number of anilines is 1. The van der Waals surface area contributed by atoms with E-state index >= 15 is 0 Å². The predicted octanol–water partition coefficient (Wildman–Crippen LogP) is 1.15. The number of rotatable bonds is 5. The second-order valence-corrected chi connectivity index (χ2v) is 3.24. The van der Waals surface area contributed by atoms with E-state index in [0.29, 0.717) is 24.9 Å². The minimum absolute atomic E-state index is 0.0655. The minimum atomic E-state index is 0.0655. The number of ketones is 1. The van der Waals surface area contributed by atoms with Crippen molar-refractivity contribution >= 4 is 11.5 Å². The van der Waals surface area contributed by atoms with Gasteiger partial charge >= 0.3 is 0 Å². The quantitative estimate of drug-likeness (QED) is 0.689. The molecule has 3 N–H and O–H groups in total. The van der Waals surface area contributed by atoms with Crippen molar-refractivity contribution in [2.75, 3.05) is 12.3 Å². The van der Waals surface area contributed by atoms with E-state index in [0.717, 1.165) is 5.56 Å². The van der Waals surface area contributed by atoms with Gasteiger partial charge in [0.25, 0.3) is 0 Å². The molecule has 1 aromatic rings. The predicted molar refractivity (Wildman–Crippen MR) is 55.9 cm³/mol. The van der Waals surface area contributed by atoms with Gasteiger partial charge in [0.2, 0.25) is 0 Å². The van der Waals surface area contributed by atoms with Gasteiger partial charge in [0.05, 0.1) is 0 Å². The van der Waals surface area contributed by atoms with Crippen molar-refractivity contribution in [1.29, 1.82) is 0 Å². The molecular weight excluding hydrogens is 178 g/mol. The van der Waals surface area contributed by atoms with Gasteiger partial charge in [0, 0.05) is 25.1 Å². The number of aliphatic hydroxyl groups is 1. The average Bonchev–Trinajstić information content (AvgIpc) is 2.18. The zero-order chi connectivity index (χ0) is 10.4. The molecule has 0 aliphatic carbocycles. The lowest BCUT2D eigenvalue weighted by Crippen LogP contribution is -2.05. The molecule has 1 rings (SSSR count). The van der Waals surface area contributed by atoms with E-state index in [-0.39, 0.29) is 12.4 Å². The lowest BCUT2D eigenvalue weighted by Gasteiger charge is -2.03. The second kappa shape index (κ2) is 5.40. The molecule has 0 amide bonds. The smallest absolute Gasteiger partial charge is 0.137 e. The van der Waals surface area contributed by atoms with Crippen LogP contribution in [0.4, 0.5) is 5.69 Å². The Kier molecular flexibility index (Phi) is 4.13. The summed E-state index contributed by atoms with van der Waals surface area (Å²) in [7, 11) is 0. The van der Waals surface area contributed by atoms with E-state index in [2.05, 4.69) is 0 Å². The highest BCUT2D eigenvalue weighted by Gasteiger charge is 2.05. The van der Waals surface area contributed by atoms with Crippen molar-refractivity contribution in [1.82, 2.24) is 0 Å². The molecule has 0 unspecified atom stereocenters. The zero-order valence-electron chi connectivity index (χ0n) is 8.07. The van der Waals surface area contributed by atoms with Gasteiger partial charge in [-0.3, -0.25) is 4.79 Å². The highest BCUT2D eigenvalue weighted by Crippen LogP contribution is 2.12. The number of aliphatic hydroxyl groups excluding tert-OH is 1. The Balaban J connectivity index is 2.52. The van der Waals surface area contributed by atoms with Crippen molar-refractivity contribution in [2.24, 2.45) is 0 Å². The lowest BCUT2D eigenvalue weighted by molar-refractivity contribution is -0.118. The highest BCUT2D eigenvalue weighted by molar-refractivity contribution is 5.82. The molecule has 0 saturated carbocycles. The summed E-state index contributed by atoms with van der Waals surface area (Å²) in [5.41, 5.74) is 7.22. The molecule has 0 fully saturated rings. The molecule has 0 heterocycles. The fourth-order valence-corrected chi connectivity index (χ4v) is 1.27. The summed E-state index contributed by atoms with van der Waals surface area (Å²) in [5, 5.41) is 8.56. The van der Waals surface area contributed by atoms with E-state index in [9.17, 15) is 4.79 Å². The largest absolute Gasteiger partial charge is 0.398 e. The molecule has 0 aliphatic rings. The topological polar surface area (TPSA) is 63.3 Å². The van der Waals surface area contributed by atoms with Crippen molar-refractivity contribution in [3.05, 3.63) is 29.8 Å². The number of benzene rings is 1. The van der Waals surface area contributed by atoms with Gasteiger partial charge in [-0.2, -0.15) is 0 Å². The van der Waals surface area contributed by atoms with Gasteiger partial charge in [-0.15, -0.1) is 0 Å². The molecule has 1 aromatic carbocycles. The molecule has 0 spiro atoms. The third-order valence-corrected chi connectivity index (χ3v) is 2.06. The molecule has 76 valence electrons. The van der Waals surface area contributed by atoms with Gasteiger partial charge in [-0.05, 0) is 18.1 Å². The van der Waals surface area contributed by atoms with Crippen LogP contribution in [0.3, 0.4) is 0 Å². The van der Waals surface area contributed by atoms with Crippen LogP contribution in [0.2, 0.25) is 0 Å². The Morgan fingerprint density at radius 3 is 2.71 bits per heavy atom. The molecule has 0 bridgehead atoms. The number of hydrogen-bond donors (Lipinski definition) is 2. The lowest BCUT2D eigenvalue weighted by atomic mass is 10.0. The maximum absolute atomic E-state index is 11.4. The Morgan fingerprint density at radius 1 is 1.36 bits per heavy atom. The molecule has 0 saturated heterocycles. The standard InChI is InChI=1S/C11H15NO2/c12-11-6-2-1-4-9(11)8-10(14)5-3-7-13/h1-2,4,6,13H,3,5,7-8,12H2. The summed E-state index contributed by atoms with van der Waals surface area (Å²) in [5.74, 6) is 0.122. The summed E-state index contributed by atoms with van der Waals surface area (Å²) in [4.78, 5) is 11.4. The van der Waals surface area contributed by atoms with Gasteiger partial charge in [-0.1, -0.05) is 18.2 Å². The summed E-state index contributed by atoms with van der Waals surface area (Å²) in [6.45, 7) is 0.0655. The number of hydrogen-bond acceptors (Lipinski definition) is 3. The first-order valence-electron chi connectivity index (χ1n) is 4.70. The molecule has 0 aliphatic heterocycles. The van der Waals surface area contributed by atoms with E-state index in [1.165, 1.54) is 0 Å². The molecule has 3 nitrogen and oxygen atoms in total. The van der Waals surface area contributed by atoms with Crippen LogP contribution in [0.15, 0.2) is 24.3 Å². The third-order valence-electron chi connectivity index (χ3n) is 2.06. The molecule has 0 aromatic heterocycles. The van der Waals surface area contributed by atoms with Gasteiger partial charge in [-0.25, -0.2) is 0 Å². The van der Waals surface area contributed by atoms with Crippen molar-refractivity contribution in [3.63, 3.8) is 0 Å². The average molecular weight is 193 g/mol. The van der Waals surface area contributed by atoms with Crippen molar-refractivity contribution < 1.29 is 9.90 Å². The normalized spacial score (nSPS) is 10.1. The monoisotopic (exact) mass is 193 g/mol. The van der Waals surface area contributed by atoms with Crippen LogP contribution in [-0.4, -0.2) is 17.5 Å². The minimum Gasteiger partial charge on any atom is -0.398 e. The second-order valence-electron chi connectivity index (χ2n) is 3.24. The first kappa shape index (κ1) is 10.7. The maximum atomic E-state index is 11.4. The Labute approximate surface area is 83.6 Å². The van der Waals surface area contributed by atoms with E-state index in [1.807, 2.05) is 18.2 Å². The van der Waals surface area contributed by atoms with E-state index in [4.69, 9.17) is 10.8 Å². The van der Waals surface area contributed by atoms with E-state index < -0.39 is 0 Å². The highest BCUT2D eigenvalue weighted by atomic mass is 16.3. The first-order chi connectivity index (χ1) is 6.74. The number of para-hydroxylation sites is 1. The van der Waals surface area contributed by atoms with Crippen LogP contribution in [-0.2, 0) is 11.2 Å². The van der Waals surface area contributed by atoms with Gasteiger partial charge < -0.3 is 10.8 Å². The Bertz CT molecular complexity index is 310. The number of Topliss-reactive ketones (excluding diaryl/α,β-unsaturated/α-hetero) is 1. The van der Waals surface area contributed by atoms with Crippen LogP contribution in [0.25, 0.3) is 0 Å². The first-order valence-corrected chi connectivity index (χ1v) is 4.70. The Morgan fingerprint density at radius 2 is 2.07 bits per heavy atom. The van der Waals surface area contributed by atoms with Gasteiger partial charge in [0.1, 0.15) is 5.78 Å². The van der Waals surface area contributed by atoms with E-state index in [1.54, 1.807) is 6.07 Å². The summed E-state index contributed by atoms with van der Waals surface area (Å²) in [6, 6.07) is 7.35. The number of nitrogen functional groups attached to an aromatic ring is 1. The third kappa shape index (κ3) is 3.18. The number of carbonyl (C=O) groups excluding carboxylic acids is 1. The summed E-state index contributed by atoms with van der Waals surface area (Å²) in [6.07, 6.45) is 1.32.